The molecule has 124 valence electrons. The first-order valence-electron chi connectivity index (χ1n) is 9.42. The van der Waals surface area contributed by atoms with Crippen molar-refractivity contribution in [1.82, 2.24) is 0 Å². The van der Waals surface area contributed by atoms with Crippen molar-refractivity contribution in [3.8, 4) is 0 Å². The first kappa shape index (κ1) is 15.2. The number of aliphatic hydroxyl groups is 2. The van der Waals surface area contributed by atoms with Crippen LogP contribution < -0.4 is 0 Å². The van der Waals surface area contributed by atoms with Crippen molar-refractivity contribution >= 4 is 0 Å². The van der Waals surface area contributed by atoms with Crippen LogP contribution >= 0.6 is 0 Å². The van der Waals surface area contributed by atoms with E-state index < -0.39 is 0 Å². The largest absolute Gasteiger partial charge is 0.393 e. The third-order valence-electron chi connectivity index (χ3n) is 8.27. The van der Waals surface area contributed by atoms with Crippen molar-refractivity contribution in [2.24, 2.45) is 34.5 Å². The highest BCUT2D eigenvalue weighted by atomic mass is 16.3. The Labute approximate surface area is 135 Å². The zero-order valence-corrected chi connectivity index (χ0v) is 14.4. The van der Waals surface area contributed by atoms with Gasteiger partial charge < -0.3 is 10.2 Å². The lowest BCUT2D eigenvalue weighted by molar-refractivity contribution is -0.0998. The van der Waals surface area contributed by atoms with E-state index in [9.17, 15) is 10.2 Å². The fourth-order valence-electron chi connectivity index (χ4n) is 7.33. The Morgan fingerprint density at radius 3 is 2.68 bits per heavy atom. The van der Waals surface area contributed by atoms with Gasteiger partial charge in [-0.2, -0.15) is 0 Å². The molecule has 0 aromatic rings. The van der Waals surface area contributed by atoms with Crippen LogP contribution in [0.2, 0.25) is 0 Å². The van der Waals surface area contributed by atoms with E-state index in [-0.39, 0.29) is 17.6 Å². The molecule has 0 bridgehead atoms. The summed E-state index contributed by atoms with van der Waals surface area (Å²) in [5.41, 5.74) is 1.99. The molecule has 0 aliphatic heterocycles. The van der Waals surface area contributed by atoms with E-state index in [0.717, 1.165) is 37.5 Å². The third kappa shape index (κ3) is 1.86. The maximum Gasteiger partial charge on any atom is 0.0596 e. The van der Waals surface area contributed by atoms with Gasteiger partial charge in [-0.05, 0) is 79.4 Å². The molecule has 4 aliphatic rings. The summed E-state index contributed by atoms with van der Waals surface area (Å²) in [6.07, 6.45) is 9.87. The molecule has 0 unspecified atom stereocenters. The van der Waals surface area contributed by atoms with Crippen LogP contribution in [0.4, 0.5) is 0 Å². The number of hydrogen-bond donors (Lipinski definition) is 2. The summed E-state index contributed by atoms with van der Waals surface area (Å²) >= 11 is 0. The zero-order chi connectivity index (χ0) is 15.7. The molecule has 2 N–H and O–H groups in total. The van der Waals surface area contributed by atoms with Crippen molar-refractivity contribution in [3.63, 3.8) is 0 Å². The first-order chi connectivity index (χ1) is 10.4. The lowest BCUT2D eigenvalue weighted by Crippen LogP contribution is -2.54. The number of aliphatic hydroxyl groups excluding tert-OH is 2. The summed E-state index contributed by atoms with van der Waals surface area (Å²) in [7, 11) is 0. The van der Waals surface area contributed by atoms with Gasteiger partial charge in [-0.15, -0.1) is 0 Å². The SMILES string of the molecule is C[C@H]1C[C@]2(C)[C@@H](O)CC[C@H]2[C@@H]2CC=C3C[C@@H](O)CC[C@]3(C)[C@H]21. The molecule has 3 saturated carbocycles. The number of hydrogen-bond acceptors (Lipinski definition) is 2. The molecule has 4 rings (SSSR count). The third-order valence-corrected chi connectivity index (χ3v) is 8.27. The van der Waals surface area contributed by atoms with Gasteiger partial charge in [0.05, 0.1) is 12.2 Å². The quantitative estimate of drug-likeness (QED) is 0.666. The predicted molar refractivity (Wildman–Crippen MR) is 88.3 cm³/mol. The molecule has 0 spiro atoms. The van der Waals surface area contributed by atoms with Gasteiger partial charge in [0.15, 0.2) is 0 Å². The second-order valence-electron chi connectivity index (χ2n) is 9.36. The molecule has 0 saturated heterocycles. The Hall–Kier alpha value is -0.340. The van der Waals surface area contributed by atoms with Gasteiger partial charge in [-0.1, -0.05) is 32.4 Å². The maximum atomic E-state index is 10.6. The van der Waals surface area contributed by atoms with Crippen LogP contribution in [-0.2, 0) is 0 Å². The van der Waals surface area contributed by atoms with Gasteiger partial charge in [0, 0.05) is 0 Å². The summed E-state index contributed by atoms with van der Waals surface area (Å²) in [4.78, 5) is 0. The highest BCUT2D eigenvalue weighted by Gasteiger charge is 2.60. The van der Waals surface area contributed by atoms with Crippen molar-refractivity contribution in [1.29, 1.82) is 0 Å². The van der Waals surface area contributed by atoms with Gasteiger partial charge in [0.1, 0.15) is 0 Å². The van der Waals surface area contributed by atoms with E-state index in [1.54, 1.807) is 5.57 Å². The molecule has 3 fully saturated rings. The number of fused-ring (bicyclic) bond motifs is 5. The normalized spacial score (nSPS) is 57.6. The molecule has 2 nitrogen and oxygen atoms in total. The van der Waals surface area contributed by atoms with Crippen LogP contribution in [0.1, 0.15) is 65.7 Å². The van der Waals surface area contributed by atoms with Crippen LogP contribution in [0, 0.1) is 34.5 Å². The fraction of sp³-hybridized carbons (Fsp3) is 0.900. The van der Waals surface area contributed by atoms with E-state index in [1.807, 2.05) is 0 Å². The molecular formula is C20H32O2. The standard InChI is InChI=1S/C20H32O2/c1-12-11-20(3)16(6-7-17(20)22)15-5-4-13-10-14(21)8-9-19(13,2)18(12)15/h4,12,14-18,21-22H,5-11H2,1-3H3/t12-,14-,15-,16-,17-,18-,19-,20-/m0/s1. The van der Waals surface area contributed by atoms with Crippen molar-refractivity contribution in [3.05, 3.63) is 11.6 Å². The highest BCUT2D eigenvalue weighted by molar-refractivity contribution is 5.26. The van der Waals surface area contributed by atoms with Gasteiger partial charge in [-0.3, -0.25) is 0 Å². The Kier molecular flexibility index (Phi) is 3.34. The van der Waals surface area contributed by atoms with Crippen LogP contribution in [0.15, 0.2) is 11.6 Å². The molecule has 0 aromatic carbocycles. The molecule has 8 atom stereocenters. The van der Waals surface area contributed by atoms with Crippen LogP contribution in [-0.4, -0.2) is 22.4 Å². The summed E-state index contributed by atoms with van der Waals surface area (Å²) < 4.78 is 0. The minimum absolute atomic E-state index is 0.0905. The van der Waals surface area contributed by atoms with E-state index in [4.69, 9.17) is 0 Å². The number of rotatable bonds is 0. The molecule has 0 amide bonds. The average molecular weight is 304 g/mol. The molecule has 22 heavy (non-hydrogen) atoms. The Bertz CT molecular complexity index is 498. The maximum absolute atomic E-state index is 10.6. The number of allylic oxidation sites excluding steroid dienone is 1. The van der Waals surface area contributed by atoms with Gasteiger partial charge >= 0.3 is 0 Å². The zero-order valence-electron chi connectivity index (χ0n) is 14.4. The minimum atomic E-state index is -0.117. The molecule has 0 aromatic heterocycles. The topological polar surface area (TPSA) is 40.5 Å². The second kappa shape index (κ2) is 4.83. The lowest BCUT2D eigenvalue weighted by atomic mass is 9.45. The van der Waals surface area contributed by atoms with E-state index in [1.165, 1.54) is 19.3 Å². The first-order valence-corrected chi connectivity index (χ1v) is 9.42. The van der Waals surface area contributed by atoms with Crippen LogP contribution in [0.3, 0.4) is 0 Å². The monoisotopic (exact) mass is 304 g/mol. The minimum Gasteiger partial charge on any atom is -0.393 e. The smallest absolute Gasteiger partial charge is 0.0596 e. The average Bonchev–Trinajstić information content (AvgIpc) is 2.75. The van der Waals surface area contributed by atoms with E-state index in [0.29, 0.717) is 17.3 Å². The molecule has 4 aliphatic carbocycles. The highest BCUT2D eigenvalue weighted by Crippen LogP contribution is 2.66. The molecular weight excluding hydrogens is 272 g/mol. The summed E-state index contributed by atoms with van der Waals surface area (Å²) in [6.45, 7) is 7.27. The fourth-order valence-corrected chi connectivity index (χ4v) is 7.33. The van der Waals surface area contributed by atoms with Gasteiger partial charge in [-0.25, -0.2) is 0 Å². The van der Waals surface area contributed by atoms with Crippen molar-refractivity contribution < 1.29 is 10.2 Å². The molecule has 0 heterocycles. The van der Waals surface area contributed by atoms with E-state index in [2.05, 4.69) is 26.8 Å². The summed E-state index contributed by atoms with van der Waals surface area (Å²) in [5.74, 6) is 2.88. The summed E-state index contributed by atoms with van der Waals surface area (Å²) in [6, 6.07) is 0. The Balaban J connectivity index is 1.73. The van der Waals surface area contributed by atoms with Crippen molar-refractivity contribution in [2.75, 3.05) is 0 Å². The van der Waals surface area contributed by atoms with Crippen LogP contribution in [0.25, 0.3) is 0 Å². The molecule has 2 heteroatoms. The Morgan fingerprint density at radius 1 is 1.14 bits per heavy atom. The van der Waals surface area contributed by atoms with E-state index >= 15 is 0 Å². The van der Waals surface area contributed by atoms with Gasteiger partial charge in [0.25, 0.3) is 0 Å². The van der Waals surface area contributed by atoms with Crippen LogP contribution in [0.5, 0.6) is 0 Å². The second-order valence-corrected chi connectivity index (χ2v) is 9.36. The molecule has 0 radical (unpaired) electrons. The van der Waals surface area contributed by atoms with Gasteiger partial charge in [0.2, 0.25) is 0 Å². The summed E-state index contributed by atoms with van der Waals surface area (Å²) in [5, 5.41) is 20.7. The van der Waals surface area contributed by atoms with Crippen molar-refractivity contribution in [2.45, 2.75) is 77.9 Å². The predicted octanol–water partition coefficient (Wildman–Crippen LogP) is 3.92. The Morgan fingerprint density at radius 2 is 1.91 bits per heavy atom. The lowest BCUT2D eigenvalue weighted by Gasteiger charge is -2.60.